The summed E-state index contributed by atoms with van der Waals surface area (Å²) in [4.78, 5) is 3.60. The van der Waals surface area contributed by atoms with Gasteiger partial charge in [-0.2, -0.15) is 4.99 Å². The van der Waals surface area contributed by atoms with E-state index in [-0.39, 0.29) is 11.1 Å². The molecule has 0 amide bonds. The minimum absolute atomic E-state index is 0.0787. The molecular weight excluding hydrogens is 214 g/mol. The molecule has 15 heavy (non-hydrogen) atoms. The third-order valence-electron chi connectivity index (χ3n) is 1.77. The molecule has 0 fully saturated rings. The van der Waals surface area contributed by atoms with Crippen LogP contribution in [0.25, 0.3) is 0 Å². The minimum atomic E-state index is -0.105. The molecule has 6 nitrogen and oxygen atoms in total. The second-order valence-corrected chi connectivity index (χ2v) is 3.90. The molecule has 0 atom stereocenters. The van der Waals surface area contributed by atoms with E-state index in [2.05, 4.69) is 10.1 Å². The first-order valence-electron chi connectivity index (χ1n) is 4.23. The summed E-state index contributed by atoms with van der Waals surface area (Å²) < 4.78 is 4.99. The summed E-state index contributed by atoms with van der Waals surface area (Å²) in [6, 6.07) is 0. The van der Waals surface area contributed by atoms with Crippen molar-refractivity contribution in [1.29, 1.82) is 5.41 Å². The lowest BCUT2D eigenvalue weighted by atomic mass is 10.2. The number of hydrogen-bond acceptors (Lipinski definition) is 4. The largest absolute Gasteiger partial charge is 0.370 e. The van der Waals surface area contributed by atoms with E-state index in [4.69, 9.17) is 21.4 Å². The maximum Gasteiger partial charge on any atom is 0.193 e. The molecule has 0 saturated carbocycles. The number of aromatic nitrogens is 1. The maximum atomic E-state index is 7.43. The standard InChI is InChI=1S/C8H13N5OS/c1-4-6(5(2)14-13-4)3-15-8(11)12-7(9)10/h3H2,1-2H3,(H5,9,10,11,12). The van der Waals surface area contributed by atoms with E-state index < -0.39 is 0 Å². The van der Waals surface area contributed by atoms with Crippen molar-refractivity contribution in [1.82, 2.24) is 5.16 Å². The summed E-state index contributed by atoms with van der Waals surface area (Å²) >= 11 is 1.23. The van der Waals surface area contributed by atoms with Crippen LogP contribution in [-0.2, 0) is 5.75 Å². The normalized spacial score (nSPS) is 10.0. The number of nitrogens with two attached hydrogens (primary N) is 2. The van der Waals surface area contributed by atoms with E-state index in [9.17, 15) is 0 Å². The van der Waals surface area contributed by atoms with Crippen LogP contribution in [0.4, 0.5) is 0 Å². The number of amidine groups is 1. The predicted octanol–water partition coefficient (Wildman–Crippen LogP) is 0.733. The highest BCUT2D eigenvalue weighted by molar-refractivity contribution is 8.13. The van der Waals surface area contributed by atoms with E-state index in [0.29, 0.717) is 5.75 Å². The monoisotopic (exact) mass is 227 g/mol. The van der Waals surface area contributed by atoms with Crippen LogP contribution >= 0.6 is 11.8 Å². The molecule has 0 radical (unpaired) electrons. The number of guanidine groups is 1. The predicted molar refractivity (Wildman–Crippen MR) is 60.8 cm³/mol. The SMILES string of the molecule is Cc1noc(C)c1CSC(=N)N=C(N)N. The third-order valence-corrected chi connectivity index (χ3v) is 2.56. The highest BCUT2D eigenvalue weighted by atomic mass is 32.2. The van der Waals surface area contributed by atoms with Gasteiger partial charge in [-0.1, -0.05) is 16.9 Å². The van der Waals surface area contributed by atoms with Crippen LogP contribution < -0.4 is 11.5 Å². The smallest absolute Gasteiger partial charge is 0.193 e. The first-order chi connectivity index (χ1) is 7.00. The van der Waals surface area contributed by atoms with Crippen molar-refractivity contribution in [2.24, 2.45) is 16.5 Å². The van der Waals surface area contributed by atoms with E-state index in [0.717, 1.165) is 17.0 Å². The minimum Gasteiger partial charge on any atom is -0.370 e. The summed E-state index contributed by atoms with van der Waals surface area (Å²) in [6.07, 6.45) is 0. The van der Waals surface area contributed by atoms with Gasteiger partial charge in [0.05, 0.1) is 5.69 Å². The van der Waals surface area contributed by atoms with Crippen LogP contribution in [0.5, 0.6) is 0 Å². The fourth-order valence-electron chi connectivity index (χ4n) is 0.998. The number of aliphatic imine (C=N–C) groups is 1. The number of nitrogens with one attached hydrogen (secondary N) is 1. The van der Waals surface area contributed by atoms with Crippen LogP contribution in [0, 0.1) is 19.3 Å². The first kappa shape index (κ1) is 11.6. The molecule has 82 valence electrons. The van der Waals surface area contributed by atoms with Gasteiger partial charge in [-0.05, 0) is 13.8 Å². The van der Waals surface area contributed by atoms with Crippen LogP contribution in [0.1, 0.15) is 17.0 Å². The van der Waals surface area contributed by atoms with Crippen molar-refractivity contribution in [3.63, 3.8) is 0 Å². The van der Waals surface area contributed by atoms with Gasteiger partial charge in [0.25, 0.3) is 0 Å². The number of rotatable bonds is 2. The lowest BCUT2D eigenvalue weighted by molar-refractivity contribution is 0.392. The zero-order chi connectivity index (χ0) is 11.4. The lowest BCUT2D eigenvalue weighted by Gasteiger charge is -1.98. The Balaban J connectivity index is 2.58. The molecule has 1 aromatic rings. The van der Waals surface area contributed by atoms with Crippen LogP contribution in [-0.4, -0.2) is 16.3 Å². The van der Waals surface area contributed by atoms with Gasteiger partial charge in [-0.15, -0.1) is 0 Å². The molecule has 5 N–H and O–H groups in total. The molecular formula is C8H13N5OS. The average Bonchev–Trinajstić information content (AvgIpc) is 2.42. The van der Waals surface area contributed by atoms with Crippen LogP contribution in [0.3, 0.4) is 0 Å². The van der Waals surface area contributed by atoms with Crippen molar-refractivity contribution in [2.75, 3.05) is 0 Å². The second kappa shape index (κ2) is 4.83. The molecule has 1 rings (SSSR count). The van der Waals surface area contributed by atoms with Gasteiger partial charge in [0, 0.05) is 11.3 Å². The summed E-state index contributed by atoms with van der Waals surface area (Å²) in [7, 11) is 0. The molecule has 1 aromatic heterocycles. The summed E-state index contributed by atoms with van der Waals surface area (Å²) in [5.74, 6) is 1.24. The maximum absolute atomic E-state index is 7.43. The van der Waals surface area contributed by atoms with Crippen LogP contribution in [0.2, 0.25) is 0 Å². The number of nitrogens with zero attached hydrogens (tertiary/aromatic N) is 2. The molecule has 0 bridgehead atoms. The lowest BCUT2D eigenvalue weighted by Crippen LogP contribution is -2.23. The molecule has 0 saturated heterocycles. The van der Waals surface area contributed by atoms with Crippen LogP contribution in [0.15, 0.2) is 9.52 Å². The number of hydrogen-bond donors (Lipinski definition) is 3. The Kier molecular flexibility index (Phi) is 3.73. The summed E-state index contributed by atoms with van der Waals surface area (Å²) in [5.41, 5.74) is 12.1. The molecule has 7 heteroatoms. The number of aryl methyl sites for hydroxylation is 2. The van der Waals surface area contributed by atoms with Crippen molar-refractivity contribution in [2.45, 2.75) is 19.6 Å². The molecule has 0 aromatic carbocycles. The third kappa shape index (κ3) is 3.28. The molecule has 0 unspecified atom stereocenters. The Morgan fingerprint density at radius 2 is 2.20 bits per heavy atom. The van der Waals surface area contributed by atoms with Crippen molar-refractivity contribution in [3.05, 3.63) is 17.0 Å². The molecule has 1 heterocycles. The van der Waals surface area contributed by atoms with Gasteiger partial charge in [-0.25, -0.2) is 0 Å². The Morgan fingerprint density at radius 3 is 2.67 bits per heavy atom. The first-order valence-corrected chi connectivity index (χ1v) is 5.22. The van der Waals surface area contributed by atoms with E-state index in [1.54, 1.807) is 0 Å². The Labute approximate surface area is 91.6 Å². The number of thioether (sulfide) groups is 1. The second-order valence-electron chi connectivity index (χ2n) is 2.93. The summed E-state index contributed by atoms with van der Waals surface area (Å²) in [5, 5.41) is 11.3. The van der Waals surface area contributed by atoms with Gasteiger partial charge in [0.15, 0.2) is 11.1 Å². The van der Waals surface area contributed by atoms with Crippen molar-refractivity contribution in [3.8, 4) is 0 Å². The highest BCUT2D eigenvalue weighted by Crippen LogP contribution is 2.20. The van der Waals surface area contributed by atoms with Gasteiger partial charge in [0.1, 0.15) is 5.76 Å². The van der Waals surface area contributed by atoms with E-state index in [1.165, 1.54) is 11.8 Å². The van der Waals surface area contributed by atoms with Gasteiger partial charge in [-0.3, -0.25) is 5.41 Å². The Morgan fingerprint density at radius 1 is 1.53 bits per heavy atom. The zero-order valence-corrected chi connectivity index (χ0v) is 9.39. The molecule has 0 aliphatic carbocycles. The van der Waals surface area contributed by atoms with Crippen molar-refractivity contribution >= 4 is 22.9 Å². The Bertz CT molecular complexity index is 374. The van der Waals surface area contributed by atoms with E-state index in [1.807, 2.05) is 13.8 Å². The van der Waals surface area contributed by atoms with Gasteiger partial charge < -0.3 is 16.0 Å². The quantitative estimate of drug-likeness (QED) is 0.509. The topological polar surface area (TPSA) is 114 Å². The van der Waals surface area contributed by atoms with Gasteiger partial charge in [0.2, 0.25) is 0 Å². The highest BCUT2D eigenvalue weighted by Gasteiger charge is 2.09. The Hall–Kier alpha value is -1.50. The summed E-state index contributed by atoms with van der Waals surface area (Å²) in [6.45, 7) is 3.69. The molecule has 0 spiro atoms. The average molecular weight is 227 g/mol. The molecule has 0 aliphatic rings. The zero-order valence-electron chi connectivity index (χ0n) is 8.57. The van der Waals surface area contributed by atoms with E-state index >= 15 is 0 Å². The van der Waals surface area contributed by atoms with Gasteiger partial charge >= 0.3 is 0 Å². The van der Waals surface area contributed by atoms with Crippen molar-refractivity contribution < 1.29 is 4.52 Å². The fraction of sp³-hybridized carbons (Fsp3) is 0.375. The fourth-order valence-corrected chi connectivity index (χ4v) is 1.86. The molecule has 0 aliphatic heterocycles.